The first-order chi connectivity index (χ1) is 14.7. The number of carbonyl (C=O) groups excluding carboxylic acids is 1. The molecule has 0 saturated carbocycles. The molecule has 0 bridgehead atoms. The van der Waals surface area contributed by atoms with Gasteiger partial charge in [0.15, 0.2) is 5.69 Å². The zero-order valence-corrected chi connectivity index (χ0v) is 17.2. The van der Waals surface area contributed by atoms with Gasteiger partial charge in [-0.3, -0.25) is 4.79 Å². The van der Waals surface area contributed by atoms with E-state index < -0.39 is 0 Å². The molecule has 0 spiro atoms. The molecule has 0 aliphatic carbocycles. The fraction of sp³-hybridized carbons (Fsp3) is 0.174. The highest BCUT2D eigenvalue weighted by Gasteiger charge is 2.17. The van der Waals surface area contributed by atoms with Crippen molar-refractivity contribution in [2.75, 3.05) is 16.8 Å². The lowest BCUT2D eigenvalue weighted by molar-refractivity contribution is 0.102. The van der Waals surface area contributed by atoms with Crippen LogP contribution in [0.15, 0.2) is 72.2 Å². The summed E-state index contributed by atoms with van der Waals surface area (Å²) in [6.07, 6.45) is 2.76. The van der Waals surface area contributed by atoms with E-state index in [1.165, 1.54) is 16.1 Å². The van der Waals surface area contributed by atoms with Gasteiger partial charge in [0.2, 0.25) is 0 Å². The number of hydrogen-bond donors (Lipinski definition) is 1. The Morgan fingerprint density at radius 2 is 1.90 bits per heavy atom. The number of rotatable bonds is 5. The van der Waals surface area contributed by atoms with Crippen molar-refractivity contribution in [1.29, 1.82) is 0 Å². The Morgan fingerprint density at radius 1 is 1.07 bits per heavy atom. The van der Waals surface area contributed by atoms with Crippen LogP contribution in [0, 0.1) is 0 Å². The molecule has 0 atom stereocenters. The van der Waals surface area contributed by atoms with Gasteiger partial charge in [0.1, 0.15) is 0 Å². The summed E-state index contributed by atoms with van der Waals surface area (Å²) in [4.78, 5) is 16.4. The van der Waals surface area contributed by atoms with Crippen molar-refractivity contribution in [3.8, 4) is 0 Å². The third-order valence-electron chi connectivity index (χ3n) is 5.26. The molecule has 3 heterocycles. The summed E-state index contributed by atoms with van der Waals surface area (Å²) in [5, 5.41) is 13.1. The number of fused-ring (bicyclic) bond motifs is 1. The third-order valence-corrected chi connectivity index (χ3v) is 6.28. The molecule has 0 saturated heterocycles. The zero-order valence-electron chi connectivity index (χ0n) is 16.4. The largest absolute Gasteiger partial charge is 0.367 e. The van der Waals surface area contributed by atoms with Gasteiger partial charge in [-0.1, -0.05) is 35.5 Å². The average Bonchev–Trinajstić information content (AvgIpc) is 3.44. The summed E-state index contributed by atoms with van der Waals surface area (Å²) in [7, 11) is 0. The Labute approximate surface area is 178 Å². The van der Waals surface area contributed by atoms with E-state index >= 15 is 0 Å². The summed E-state index contributed by atoms with van der Waals surface area (Å²) >= 11 is 1.84. The van der Waals surface area contributed by atoms with Gasteiger partial charge in [0.05, 0.1) is 12.7 Å². The predicted octanol–water partition coefficient (Wildman–Crippen LogP) is 4.20. The Hall–Kier alpha value is -3.45. The van der Waals surface area contributed by atoms with Crippen LogP contribution in [0.3, 0.4) is 0 Å². The summed E-state index contributed by atoms with van der Waals surface area (Å²) < 4.78 is 1.67. The molecule has 1 N–H and O–H groups in total. The minimum absolute atomic E-state index is 0.261. The number of carbonyl (C=O) groups is 1. The number of benzene rings is 2. The maximum absolute atomic E-state index is 12.5. The Balaban J connectivity index is 1.21. The van der Waals surface area contributed by atoms with Gasteiger partial charge in [-0.25, -0.2) is 4.68 Å². The van der Waals surface area contributed by atoms with E-state index in [4.69, 9.17) is 0 Å². The number of nitrogens with one attached hydrogen (secondary N) is 1. The molecule has 6 nitrogen and oxygen atoms in total. The first kappa shape index (κ1) is 18.6. The van der Waals surface area contributed by atoms with Crippen LogP contribution in [0.4, 0.5) is 11.4 Å². The standard InChI is InChI=1S/C23H21N5OS/c29-23(21-16-28(26-25-21)14-17-4-2-1-3-5-17)24-19-6-8-20(9-7-19)27-12-10-22-18(15-27)11-13-30-22/h1-9,11,13,16H,10,12,14-15H2,(H,24,29). The molecule has 2 aromatic heterocycles. The number of thiophene rings is 1. The summed E-state index contributed by atoms with van der Waals surface area (Å²) in [5.41, 5.74) is 4.74. The normalized spacial score (nSPS) is 13.1. The second kappa shape index (κ2) is 8.12. The zero-order chi connectivity index (χ0) is 20.3. The van der Waals surface area contributed by atoms with Crippen molar-refractivity contribution >= 4 is 28.6 Å². The van der Waals surface area contributed by atoms with Crippen LogP contribution in [-0.2, 0) is 19.5 Å². The molecular formula is C23H21N5OS. The van der Waals surface area contributed by atoms with Crippen molar-refractivity contribution in [3.63, 3.8) is 0 Å². The second-order valence-electron chi connectivity index (χ2n) is 7.33. The van der Waals surface area contributed by atoms with E-state index in [-0.39, 0.29) is 5.91 Å². The van der Waals surface area contributed by atoms with Crippen LogP contribution in [0.25, 0.3) is 0 Å². The highest BCUT2D eigenvalue weighted by Crippen LogP contribution is 2.28. The Bertz CT molecular complexity index is 1150. The van der Waals surface area contributed by atoms with Crippen molar-refractivity contribution in [2.45, 2.75) is 19.5 Å². The van der Waals surface area contributed by atoms with Crippen LogP contribution in [-0.4, -0.2) is 27.4 Å². The minimum Gasteiger partial charge on any atom is -0.367 e. The first-order valence-electron chi connectivity index (χ1n) is 9.90. The van der Waals surface area contributed by atoms with E-state index in [0.717, 1.165) is 30.8 Å². The van der Waals surface area contributed by atoms with E-state index in [2.05, 4.69) is 44.1 Å². The SMILES string of the molecule is O=C(Nc1ccc(N2CCc3sccc3C2)cc1)c1cn(Cc2ccccc2)nn1. The quantitative estimate of drug-likeness (QED) is 0.531. The Kier molecular flexibility index (Phi) is 5.03. The smallest absolute Gasteiger partial charge is 0.277 e. The molecule has 0 unspecified atom stereocenters. The topological polar surface area (TPSA) is 63.1 Å². The molecule has 4 aromatic rings. The lowest BCUT2D eigenvalue weighted by Gasteiger charge is -2.29. The van der Waals surface area contributed by atoms with E-state index in [1.54, 1.807) is 10.9 Å². The minimum atomic E-state index is -0.261. The fourth-order valence-corrected chi connectivity index (χ4v) is 4.56. The number of anilines is 2. The van der Waals surface area contributed by atoms with Crippen LogP contribution in [0.1, 0.15) is 26.5 Å². The molecule has 1 amide bonds. The predicted molar refractivity (Wildman–Crippen MR) is 119 cm³/mol. The van der Waals surface area contributed by atoms with Crippen LogP contribution < -0.4 is 10.2 Å². The Morgan fingerprint density at radius 3 is 2.73 bits per heavy atom. The molecular weight excluding hydrogens is 394 g/mol. The van der Waals surface area contributed by atoms with Crippen LogP contribution in [0.2, 0.25) is 0 Å². The lowest BCUT2D eigenvalue weighted by atomic mass is 10.1. The van der Waals surface area contributed by atoms with Crippen molar-refractivity contribution in [1.82, 2.24) is 15.0 Å². The molecule has 1 aliphatic heterocycles. The average molecular weight is 416 g/mol. The highest BCUT2D eigenvalue weighted by molar-refractivity contribution is 7.10. The second-order valence-corrected chi connectivity index (χ2v) is 8.33. The highest BCUT2D eigenvalue weighted by atomic mass is 32.1. The molecule has 2 aromatic carbocycles. The maximum Gasteiger partial charge on any atom is 0.277 e. The third kappa shape index (κ3) is 3.97. The summed E-state index contributed by atoms with van der Waals surface area (Å²) in [5.74, 6) is -0.261. The van der Waals surface area contributed by atoms with Gasteiger partial charge in [0.25, 0.3) is 5.91 Å². The number of aromatic nitrogens is 3. The van der Waals surface area contributed by atoms with Crippen LogP contribution in [0.5, 0.6) is 0 Å². The van der Waals surface area contributed by atoms with Crippen molar-refractivity contribution in [3.05, 3.63) is 93.9 Å². The monoisotopic (exact) mass is 415 g/mol. The molecule has 5 rings (SSSR count). The van der Waals surface area contributed by atoms with E-state index in [1.807, 2.05) is 53.8 Å². The molecule has 0 fully saturated rings. The van der Waals surface area contributed by atoms with Gasteiger partial charge >= 0.3 is 0 Å². The number of hydrogen-bond acceptors (Lipinski definition) is 5. The van der Waals surface area contributed by atoms with E-state index in [0.29, 0.717) is 12.2 Å². The summed E-state index contributed by atoms with van der Waals surface area (Å²) in [6, 6.07) is 20.2. The van der Waals surface area contributed by atoms with Gasteiger partial charge in [-0.15, -0.1) is 16.4 Å². The van der Waals surface area contributed by atoms with Gasteiger partial charge in [-0.2, -0.15) is 0 Å². The van der Waals surface area contributed by atoms with Gasteiger partial charge < -0.3 is 10.2 Å². The van der Waals surface area contributed by atoms with Crippen molar-refractivity contribution < 1.29 is 4.79 Å². The number of nitrogens with zero attached hydrogens (tertiary/aromatic N) is 4. The molecule has 150 valence electrons. The van der Waals surface area contributed by atoms with Gasteiger partial charge in [-0.05, 0) is 53.3 Å². The fourth-order valence-electron chi connectivity index (χ4n) is 3.67. The molecule has 0 radical (unpaired) electrons. The first-order valence-corrected chi connectivity index (χ1v) is 10.8. The van der Waals surface area contributed by atoms with E-state index in [9.17, 15) is 4.79 Å². The van der Waals surface area contributed by atoms with Gasteiger partial charge in [0, 0.05) is 29.3 Å². The molecule has 30 heavy (non-hydrogen) atoms. The lowest BCUT2D eigenvalue weighted by Crippen LogP contribution is -2.29. The summed E-state index contributed by atoms with van der Waals surface area (Å²) in [6.45, 7) is 2.54. The van der Waals surface area contributed by atoms with Crippen molar-refractivity contribution in [2.24, 2.45) is 0 Å². The number of amides is 1. The maximum atomic E-state index is 12.5. The molecule has 7 heteroatoms. The molecule has 1 aliphatic rings. The van der Waals surface area contributed by atoms with Crippen LogP contribution >= 0.6 is 11.3 Å².